The summed E-state index contributed by atoms with van der Waals surface area (Å²) in [5, 5.41) is 13.1. The Morgan fingerprint density at radius 1 is 0.815 bits per heavy atom. The smallest absolute Gasteiger partial charge is 0.324 e. The standard InChI is InChI=1S/C23H20BrNO2/c24-20(17-10-4-1-5-11-17)16-21(23(26)27)25-22(18-12-6-2-7-13-18)19-14-8-3-9-15-19/h1-16,21-22,25H,(H,26,27). The zero-order valence-corrected chi connectivity index (χ0v) is 16.2. The number of hydrogen-bond acceptors (Lipinski definition) is 2. The van der Waals surface area contributed by atoms with Gasteiger partial charge in [0.2, 0.25) is 0 Å². The molecule has 0 aliphatic rings. The van der Waals surface area contributed by atoms with Gasteiger partial charge in [0.1, 0.15) is 6.04 Å². The maximum absolute atomic E-state index is 11.9. The lowest BCUT2D eigenvalue weighted by Gasteiger charge is -2.23. The highest BCUT2D eigenvalue weighted by Gasteiger charge is 2.22. The Kier molecular flexibility index (Phi) is 6.58. The largest absolute Gasteiger partial charge is 0.480 e. The number of nitrogens with one attached hydrogen (secondary N) is 1. The number of hydrogen-bond donors (Lipinski definition) is 2. The molecule has 136 valence electrons. The summed E-state index contributed by atoms with van der Waals surface area (Å²) < 4.78 is 0.739. The van der Waals surface area contributed by atoms with Gasteiger partial charge in [-0.25, -0.2) is 0 Å². The van der Waals surface area contributed by atoms with Crippen LogP contribution in [-0.4, -0.2) is 17.1 Å². The van der Waals surface area contributed by atoms with Crippen LogP contribution in [0.5, 0.6) is 0 Å². The fourth-order valence-electron chi connectivity index (χ4n) is 2.89. The molecule has 3 aromatic rings. The minimum absolute atomic E-state index is 0.235. The van der Waals surface area contributed by atoms with Crippen LogP contribution in [0.3, 0.4) is 0 Å². The Morgan fingerprint density at radius 2 is 1.26 bits per heavy atom. The van der Waals surface area contributed by atoms with E-state index in [0.29, 0.717) is 0 Å². The van der Waals surface area contributed by atoms with E-state index in [9.17, 15) is 9.90 Å². The maximum Gasteiger partial charge on any atom is 0.324 e. The van der Waals surface area contributed by atoms with Crippen LogP contribution in [0.4, 0.5) is 0 Å². The third kappa shape index (κ3) is 5.16. The molecule has 0 amide bonds. The van der Waals surface area contributed by atoms with E-state index in [1.54, 1.807) is 6.08 Å². The molecule has 0 aliphatic heterocycles. The summed E-state index contributed by atoms with van der Waals surface area (Å²) in [6.07, 6.45) is 1.69. The second-order valence-corrected chi connectivity index (χ2v) is 6.97. The minimum Gasteiger partial charge on any atom is -0.480 e. The molecule has 3 nitrogen and oxygen atoms in total. The molecule has 0 heterocycles. The highest BCUT2D eigenvalue weighted by Crippen LogP contribution is 2.25. The second kappa shape index (κ2) is 9.31. The van der Waals surface area contributed by atoms with Gasteiger partial charge >= 0.3 is 5.97 Å². The summed E-state index contributed by atoms with van der Waals surface area (Å²) in [6, 6.07) is 28.3. The zero-order chi connectivity index (χ0) is 19.1. The van der Waals surface area contributed by atoms with E-state index in [1.165, 1.54) is 0 Å². The molecule has 0 aliphatic carbocycles. The summed E-state index contributed by atoms with van der Waals surface area (Å²) in [4.78, 5) is 11.9. The molecule has 0 aromatic heterocycles. The number of carboxylic acids is 1. The first kappa shape index (κ1) is 19.1. The van der Waals surface area contributed by atoms with Gasteiger partial charge in [-0.3, -0.25) is 10.1 Å². The van der Waals surface area contributed by atoms with Crippen LogP contribution in [0.25, 0.3) is 4.48 Å². The lowest BCUT2D eigenvalue weighted by molar-refractivity contribution is -0.138. The van der Waals surface area contributed by atoms with Gasteiger partial charge in [-0.15, -0.1) is 0 Å². The van der Waals surface area contributed by atoms with Crippen LogP contribution in [-0.2, 0) is 4.79 Å². The van der Waals surface area contributed by atoms with Gasteiger partial charge in [0.05, 0.1) is 6.04 Å². The van der Waals surface area contributed by atoms with Crippen molar-refractivity contribution in [1.82, 2.24) is 5.32 Å². The number of carboxylic acid groups (broad SMARTS) is 1. The van der Waals surface area contributed by atoms with Gasteiger partial charge in [0.25, 0.3) is 0 Å². The molecule has 3 aromatic carbocycles. The number of halogens is 1. The molecule has 1 unspecified atom stereocenters. The Morgan fingerprint density at radius 3 is 1.70 bits per heavy atom. The number of benzene rings is 3. The molecule has 0 radical (unpaired) electrons. The van der Waals surface area contributed by atoms with E-state index >= 15 is 0 Å². The molecule has 0 saturated carbocycles. The van der Waals surface area contributed by atoms with E-state index < -0.39 is 12.0 Å². The van der Waals surface area contributed by atoms with Crippen molar-refractivity contribution in [2.45, 2.75) is 12.1 Å². The molecule has 0 saturated heterocycles. The lowest BCUT2D eigenvalue weighted by Crippen LogP contribution is -2.38. The summed E-state index contributed by atoms with van der Waals surface area (Å²) >= 11 is 3.52. The van der Waals surface area contributed by atoms with Gasteiger partial charge in [-0.1, -0.05) is 107 Å². The molecule has 0 bridgehead atoms. The summed E-state index contributed by atoms with van der Waals surface area (Å²) in [5.41, 5.74) is 2.96. The molecular weight excluding hydrogens is 402 g/mol. The second-order valence-electron chi connectivity index (χ2n) is 6.12. The summed E-state index contributed by atoms with van der Waals surface area (Å²) in [6.45, 7) is 0. The van der Waals surface area contributed by atoms with Gasteiger partial charge < -0.3 is 5.11 Å². The third-order valence-corrected chi connectivity index (χ3v) is 4.96. The van der Waals surface area contributed by atoms with Gasteiger partial charge in [-0.2, -0.15) is 0 Å². The lowest BCUT2D eigenvalue weighted by atomic mass is 9.97. The molecule has 27 heavy (non-hydrogen) atoms. The van der Waals surface area contributed by atoms with Crippen LogP contribution in [0.1, 0.15) is 22.7 Å². The van der Waals surface area contributed by atoms with E-state index in [0.717, 1.165) is 21.2 Å². The predicted molar refractivity (Wildman–Crippen MR) is 113 cm³/mol. The van der Waals surface area contributed by atoms with Gasteiger partial charge in [0.15, 0.2) is 0 Å². The van der Waals surface area contributed by atoms with E-state index in [4.69, 9.17) is 0 Å². The molecule has 0 spiro atoms. The molecule has 1 atom stereocenters. The van der Waals surface area contributed by atoms with Crippen LogP contribution < -0.4 is 5.32 Å². The van der Waals surface area contributed by atoms with Crippen LogP contribution in [0.15, 0.2) is 97.1 Å². The minimum atomic E-state index is -0.931. The monoisotopic (exact) mass is 421 g/mol. The van der Waals surface area contributed by atoms with Crippen molar-refractivity contribution in [1.29, 1.82) is 0 Å². The van der Waals surface area contributed by atoms with Crippen LogP contribution in [0.2, 0.25) is 0 Å². The normalized spacial score (nSPS) is 12.7. The zero-order valence-electron chi connectivity index (χ0n) is 14.6. The Labute approximate surface area is 167 Å². The van der Waals surface area contributed by atoms with Crippen molar-refractivity contribution in [2.24, 2.45) is 0 Å². The van der Waals surface area contributed by atoms with Crippen molar-refractivity contribution < 1.29 is 9.90 Å². The summed E-state index contributed by atoms with van der Waals surface area (Å²) in [5.74, 6) is -0.931. The fraction of sp³-hybridized carbons (Fsp3) is 0.0870. The quantitative estimate of drug-likeness (QED) is 0.547. The average Bonchev–Trinajstić information content (AvgIpc) is 2.72. The number of rotatable bonds is 7. The van der Waals surface area contributed by atoms with Crippen LogP contribution in [0, 0.1) is 0 Å². The SMILES string of the molecule is O=C(O)C(C=C(Br)c1ccccc1)NC(c1ccccc1)c1ccccc1. The predicted octanol–water partition coefficient (Wildman–Crippen LogP) is 5.25. The van der Waals surface area contributed by atoms with Crippen molar-refractivity contribution in [2.75, 3.05) is 0 Å². The van der Waals surface area contributed by atoms with Crippen molar-refractivity contribution in [3.05, 3.63) is 114 Å². The summed E-state index contributed by atoms with van der Waals surface area (Å²) in [7, 11) is 0. The first-order valence-electron chi connectivity index (χ1n) is 8.66. The Balaban J connectivity index is 1.93. The highest BCUT2D eigenvalue weighted by atomic mass is 79.9. The van der Waals surface area contributed by atoms with E-state index in [-0.39, 0.29) is 6.04 Å². The molecule has 3 rings (SSSR count). The maximum atomic E-state index is 11.9. The first-order chi connectivity index (χ1) is 13.1. The topological polar surface area (TPSA) is 49.3 Å². The highest BCUT2D eigenvalue weighted by molar-refractivity contribution is 9.15. The molecule has 2 N–H and O–H groups in total. The van der Waals surface area contributed by atoms with Gasteiger partial charge in [0, 0.05) is 4.48 Å². The number of carbonyl (C=O) groups is 1. The fourth-order valence-corrected chi connectivity index (χ4v) is 3.41. The van der Waals surface area contributed by atoms with E-state index in [2.05, 4.69) is 21.2 Å². The Bertz CT molecular complexity index is 856. The molecule has 0 fully saturated rings. The van der Waals surface area contributed by atoms with E-state index in [1.807, 2.05) is 91.0 Å². The first-order valence-corrected chi connectivity index (χ1v) is 9.46. The molecular formula is C23H20BrNO2. The van der Waals surface area contributed by atoms with Crippen molar-refractivity contribution >= 4 is 26.4 Å². The van der Waals surface area contributed by atoms with Crippen molar-refractivity contribution in [3.63, 3.8) is 0 Å². The van der Waals surface area contributed by atoms with Crippen molar-refractivity contribution in [3.8, 4) is 0 Å². The van der Waals surface area contributed by atoms with Crippen LogP contribution >= 0.6 is 15.9 Å². The number of aliphatic carboxylic acids is 1. The Hall–Kier alpha value is -2.69. The van der Waals surface area contributed by atoms with Gasteiger partial charge in [-0.05, 0) is 22.8 Å². The average molecular weight is 422 g/mol. The molecule has 4 heteroatoms. The third-order valence-electron chi connectivity index (χ3n) is 4.24.